The van der Waals surface area contributed by atoms with E-state index in [1.165, 1.54) is 35.9 Å². The summed E-state index contributed by atoms with van der Waals surface area (Å²) in [5.74, 6) is 1.90. The Morgan fingerprint density at radius 3 is 2.68 bits per heavy atom. The molecular formula is C16H20N2S. The van der Waals surface area contributed by atoms with Gasteiger partial charge < -0.3 is 5.32 Å². The number of nitrogens with zero attached hydrogens (tertiary/aromatic N) is 1. The van der Waals surface area contributed by atoms with Gasteiger partial charge in [-0.05, 0) is 67.5 Å². The Morgan fingerprint density at radius 1 is 1.26 bits per heavy atom. The fourth-order valence-corrected chi connectivity index (χ4v) is 3.84. The van der Waals surface area contributed by atoms with Crippen LogP contribution in [0.3, 0.4) is 0 Å². The van der Waals surface area contributed by atoms with Crippen LogP contribution in [0.25, 0.3) is 10.2 Å². The summed E-state index contributed by atoms with van der Waals surface area (Å²) in [4.78, 5) is 4.56. The van der Waals surface area contributed by atoms with Crippen molar-refractivity contribution in [1.29, 1.82) is 0 Å². The van der Waals surface area contributed by atoms with Crippen LogP contribution in [0, 0.1) is 11.8 Å². The van der Waals surface area contributed by atoms with Gasteiger partial charge in [0, 0.05) is 18.3 Å². The minimum absolute atomic E-state index is 0.421. The Morgan fingerprint density at radius 2 is 2.00 bits per heavy atom. The Labute approximate surface area is 118 Å². The summed E-state index contributed by atoms with van der Waals surface area (Å²) in [5.41, 5.74) is 2.46. The lowest BCUT2D eigenvalue weighted by molar-refractivity contribution is 0.377. The molecule has 0 aliphatic heterocycles. The summed E-state index contributed by atoms with van der Waals surface area (Å²) in [7, 11) is 0. The molecule has 2 saturated carbocycles. The van der Waals surface area contributed by atoms with Gasteiger partial charge in [0.2, 0.25) is 0 Å². The molecule has 2 aliphatic carbocycles. The third-order valence-electron chi connectivity index (χ3n) is 4.53. The predicted octanol–water partition coefficient (Wildman–Crippen LogP) is 4.14. The minimum atomic E-state index is 0.421. The molecule has 0 bridgehead atoms. The summed E-state index contributed by atoms with van der Waals surface area (Å²) >= 11 is 1.78. The second-order valence-corrected chi connectivity index (χ2v) is 7.11. The molecule has 19 heavy (non-hydrogen) atoms. The molecule has 0 radical (unpaired) electrons. The number of pyridine rings is 1. The number of hydrogen-bond donors (Lipinski definition) is 1. The van der Waals surface area contributed by atoms with E-state index in [0.717, 1.165) is 23.4 Å². The van der Waals surface area contributed by atoms with Crippen LogP contribution in [0.4, 0.5) is 0 Å². The second kappa shape index (κ2) is 4.57. The lowest BCUT2D eigenvalue weighted by Gasteiger charge is -2.23. The van der Waals surface area contributed by atoms with Crippen molar-refractivity contribution in [3.05, 3.63) is 29.3 Å². The smallest absolute Gasteiger partial charge is 0.0809 e. The topological polar surface area (TPSA) is 24.9 Å². The number of aromatic nitrogens is 1. The molecule has 2 heterocycles. The third kappa shape index (κ3) is 2.41. The van der Waals surface area contributed by atoms with E-state index in [4.69, 9.17) is 0 Å². The maximum absolute atomic E-state index is 4.56. The summed E-state index contributed by atoms with van der Waals surface area (Å²) in [5, 5.41) is 6.00. The number of nitrogens with one attached hydrogen (secondary N) is 1. The molecule has 1 N–H and O–H groups in total. The Bertz CT molecular complexity index is 571. The van der Waals surface area contributed by atoms with Crippen molar-refractivity contribution in [3.8, 4) is 0 Å². The van der Waals surface area contributed by atoms with Gasteiger partial charge in [0.15, 0.2) is 0 Å². The van der Waals surface area contributed by atoms with E-state index in [9.17, 15) is 0 Å². The highest BCUT2D eigenvalue weighted by molar-refractivity contribution is 7.17. The van der Waals surface area contributed by atoms with Gasteiger partial charge in [0.25, 0.3) is 0 Å². The minimum Gasteiger partial charge on any atom is -0.307 e. The zero-order valence-electron chi connectivity index (χ0n) is 11.3. The van der Waals surface area contributed by atoms with E-state index in [1.807, 2.05) is 6.20 Å². The molecule has 2 aromatic heterocycles. The highest BCUT2D eigenvalue weighted by Crippen LogP contribution is 2.45. The van der Waals surface area contributed by atoms with Crippen molar-refractivity contribution in [1.82, 2.24) is 10.3 Å². The number of hydrogen-bond acceptors (Lipinski definition) is 3. The summed E-state index contributed by atoms with van der Waals surface area (Å²) < 4.78 is 1.31. The normalized spacial score (nSPS) is 21.2. The summed E-state index contributed by atoms with van der Waals surface area (Å²) in [6.45, 7) is 2.29. The van der Waals surface area contributed by atoms with Crippen LogP contribution in [-0.4, -0.2) is 11.0 Å². The van der Waals surface area contributed by atoms with Gasteiger partial charge in [-0.25, -0.2) is 0 Å². The van der Waals surface area contributed by atoms with Gasteiger partial charge in [0.1, 0.15) is 0 Å². The SMILES string of the molecule is CC(NC(C1CC1)C1CC1)c1cnc2ccsc2c1. The van der Waals surface area contributed by atoms with Crippen molar-refractivity contribution < 1.29 is 0 Å². The van der Waals surface area contributed by atoms with Crippen LogP contribution in [0.1, 0.15) is 44.2 Å². The van der Waals surface area contributed by atoms with Gasteiger partial charge in [-0.1, -0.05) is 0 Å². The first kappa shape index (κ1) is 11.9. The van der Waals surface area contributed by atoms with Crippen molar-refractivity contribution in [2.24, 2.45) is 11.8 Å². The first-order valence-corrected chi connectivity index (χ1v) is 8.28. The van der Waals surface area contributed by atoms with E-state index < -0.39 is 0 Å². The first-order valence-electron chi connectivity index (χ1n) is 7.40. The van der Waals surface area contributed by atoms with Crippen LogP contribution in [0.15, 0.2) is 23.7 Å². The Hall–Kier alpha value is -0.930. The molecule has 0 spiro atoms. The molecule has 100 valence electrons. The third-order valence-corrected chi connectivity index (χ3v) is 5.38. The van der Waals surface area contributed by atoms with Gasteiger partial charge >= 0.3 is 0 Å². The van der Waals surface area contributed by atoms with Crippen molar-refractivity contribution in [2.75, 3.05) is 0 Å². The van der Waals surface area contributed by atoms with E-state index in [2.05, 4.69) is 34.7 Å². The quantitative estimate of drug-likeness (QED) is 0.885. The average Bonchev–Trinajstić information content (AvgIpc) is 3.33. The number of thiophene rings is 1. The second-order valence-electron chi connectivity index (χ2n) is 6.16. The molecule has 0 saturated heterocycles. The van der Waals surface area contributed by atoms with Gasteiger partial charge in [-0.2, -0.15) is 0 Å². The molecule has 2 nitrogen and oxygen atoms in total. The Kier molecular flexibility index (Phi) is 2.85. The monoisotopic (exact) mass is 272 g/mol. The molecule has 0 aromatic carbocycles. The maximum Gasteiger partial charge on any atom is 0.0809 e. The zero-order chi connectivity index (χ0) is 12.8. The van der Waals surface area contributed by atoms with Gasteiger partial charge in [-0.15, -0.1) is 11.3 Å². The molecule has 4 rings (SSSR count). The standard InChI is InChI=1S/C16H20N2S/c1-10(18-16(11-2-3-11)12-4-5-12)13-8-15-14(17-9-13)6-7-19-15/h6-12,16,18H,2-5H2,1H3. The van der Waals surface area contributed by atoms with Gasteiger partial charge in [-0.3, -0.25) is 4.98 Å². The fourth-order valence-electron chi connectivity index (χ4n) is 3.05. The lowest BCUT2D eigenvalue weighted by atomic mass is 10.0. The van der Waals surface area contributed by atoms with Crippen molar-refractivity contribution in [3.63, 3.8) is 0 Å². The van der Waals surface area contributed by atoms with E-state index in [1.54, 1.807) is 11.3 Å². The average molecular weight is 272 g/mol. The van der Waals surface area contributed by atoms with Crippen molar-refractivity contribution >= 4 is 21.6 Å². The van der Waals surface area contributed by atoms with Crippen LogP contribution in [0.5, 0.6) is 0 Å². The van der Waals surface area contributed by atoms with E-state index >= 15 is 0 Å². The summed E-state index contributed by atoms with van der Waals surface area (Å²) in [6, 6.07) is 5.58. The molecule has 0 amide bonds. The fraction of sp³-hybridized carbons (Fsp3) is 0.562. The predicted molar refractivity (Wildman–Crippen MR) is 80.4 cm³/mol. The molecule has 1 unspecified atom stereocenters. The first-order chi connectivity index (χ1) is 9.31. The zero-order valence-corrected chi connectivity index (χ0v) is 12.1. The largest absolute Gasteiger partial charge is 0.307 e. The molecule has 2 aromatic rings. The molecular weight excluding hydrogens is 252 g/mol. The van der Waals surface area contributed by atoms with Crippen LogP contribution in [0.2, 0.25) is 0 Å². The van der Waals surface area contributed by atoms with Crippen LogP contribution in [-0.2, 0) is 0 Å². The highest BCUT2D eigenvalue weighted by Gasteiger charge is 2.41. The van der Waals surface area contributed by atoms with E-state index in [0.29, 0.717) is 6.04 Å². The lowest BCUT2D eigenvalue weighted by Crippen LogP contribution is -2.35. The van der Waals surface area contributed by atoms with Crippen molar-refractivity contribution in [2.45, 2.75) is 44.7 Å². The molecule has 3 heteroatoms. The van der Waals surface area contributed by atoms with Crippen LogP contribution < -0.4 is 5.32 Å². The molecule has 1 atom stereocenters. The summed E-state index contributed by atoms with van der Waals surface area (Å²) in [6.07, 6.45) is 7.78. The van der Waals surface area contributed by atoms with E-state index in [-0.39, 0.29) is 0 Å². The van der Waals surface area contributed by atoms with Gasteiger partial charge in [0.05, 0.1) is 10.2 Å². The highest BCUT2D eigenvalue weighted by atomic mass is 32.1. The number of fused-ring (bicyclic) bond motifs is 1. The Balaban J connectivity index is 1.53. The molecule has 2 aliphatic rings. The number of rotatable bonds is 5. The van der Waals surface area contributed by atoms with Crippen LogP contribution >= 0.6 is 11.3 Å². The maximum atomic E-state index is 4.56. The molecule has 2 fully saturated rings.